The Morgan fingerprint density at radius 1 is 1.19 bits per heavy atom. The first-order valence-corrected chi connectivity index (χ1v) is 7.63. The van der Waals surface area contributed by atoms with Gasteiger partial charge < -0.3 is 15.4 Å². The van der Waals surface area contributed by atoms with Crippen molar-refractivity contribution in [1.82, 2.24) is 0 Å². The van der Waals surface area contributed by atoms with Crippen molar-refractivity contribution >= 4 is 23.2 Å². The maximum atomic E-state index is 13.7. The summed E-state index contributed by atoms with van der Waals surface area (Å²) in [6.07, 6.45) is 1.12. The smallest absolute Gasteiger partial charge is 0.247 e. The van der Waals surface area contributed by atoms with Gasteiger partial charge in [-0.1, -0.05) is 18.7 Å². The normalized spacial score (nSPS) is 9.69. The van der Waals surface area contributed by atoms with Crippen LogP contribution in [0.2, 0.25) is 0 Å². The summed E-state index contributed by atoms with van der Waals surface area (Å²) in [6.45, 7) is 3.25. The lowest BCUT2D eigenvalue weighted by Crippen LogP contribution is -2.15. The van der Waals surface area contributed by atoms with Crippen LogP contribution in [0, 0.1) is 17.1 Å². The molecule has 0 bridgehead atoms. The fourth-order valence-electron chi connectivity index (χ4n) is 2.09. The number of nitrogens with zero attached hydrogens (tertiary/aromatic N) is 1. The summed E-state index contributed by atoms with van der Waals surface area (Å²) in [5.41, 5.74) is 1.05. The van der Waals surface area contributed by atoms with E-state index in [4.69, 9.17) is 10.00 Å². The largest absolute Gasteiger partial charge is 0.479 e. The molecule has 132 valence electrons. The molecule has 0 saturated heterocycles. The van der Waals surface area contributed by atoms with Gasteiger partial charge in [-0.3, -0.25) is 9.59 Å². The van der Waals surface area contributed by atoms with E-state index in [1.54, 1.807) is 24.3 Å². The zero-order valence-electron chi connectivity index (χ0n) is 13.8. The minimum Gasteiger partial charge on any atom is -0.479 e. The van der Waals surface area contributed by atoms with Crippen LogP contribution in [0.5, 0.6) is 5.75 Å². The number of rotatable bonds is 7. The van der Waals surface area contributed by atoms with Crippen LogP contribution in [0.3, 0.4) is 0 Å². The zero-order chi connectivity index (χ0) is 18.9. The Morgan fingerprint density at radius 3 is 2.58 bits per heavy atom. The molecule has 0 aliphatic carbocycles. The van der Waals surface area contributed by atoms with E-state index in [1.165, 1.54) is 12.1 Å². The van der Waals surface area contributed by atoms with Gasteiger partial charge in [0.1, 0.15) is 17.6 Å². The molecule has 0 aliphatic rings. The molecule has 2 amide bonds. The van der Waals surface area contributed by atoms with Gasteiger partial charge in [0, 0.05) is 5.69 Å². The summed E-state index contributed by atoms with van der Waals surface area (Å²) >= 11 is 0. The summed E-state index contributed by atoms with van der Waals surface area (Å²) in [5.74, 6) is -0.933. The quantitative estimate of drug-likeness (QED) is 0.749. The number of halogens is 1. The summed E-state index contributed by atoms with van der Waals surface area (Å²) in [5, 5.41) is 13.4. The topological polar surface area (TPSA) is 91.2 Å². The van der Waals surface area contributed by atoms with Gasteiger partial charge >= 0.3 is 0 Å². The number of nitrogens with one attached hydrogen (secondary N) is 2. The lowest BCUT2D eigenvalue weighted by Gasteiger charge is -2.09. The molecule has 2 rings (SSSR count). The maximum Gasteiger partial charge on any atom is 0.247 e. The van der Waals surface area contributed by atoms with E-state index in [1.807, 2.05) is 6.07 Å². The minimum atomic E-state index is -0.619. The molecule has 0 aliphatic heterocycles. The highest BCUT2D eigenvalue weighted by molar-refractivity contribution is 6.00. The Hall–Kier alpha value is -3.66. The summed E-state index contributed by atoms with van der Waals surface area (Å²) < 4.78 is 18.8. The molecule has 0 radical (unpaired) electrons. The molecule has 6 nitrogen and oxygen atoms in total. The molecule has 0 unspecified atom stereocenters. The first-order chi connectivity index (χ1) is 12.5. The number of hydrogen-bond donors (Lipinski definition) is 2. The maximum absolute atomic E-state index is 13.7. The number of amides is 2. The highest BCUT2D eigenvalue weighted by Gasteiger charge is 2.09. The van der Waals surface area contributed by atoms with E-state index in [-0.39, 0.29) is 24.6 Å². The van der Waals surface area contributed by atoms with Crippen LogP contribution in [0.4, 0.5) is 15.8 Å². The van der Waals surface area contributed by atoms with Crippen molar-refractivity contribution in [2.75, 3.05) is 17.2 Å². The molecule has 0 spiro atoms. The van der Waals surface area contributed by atoms with Crippen molar-refractivity contribution in [3.63, 3.8) is 0 Å². The number of carbonyl (C=O) groups is 2. The van der Waals surface area contributed by atoms with Gasteiger partial charge in [-0.25, -0.2) is 4.39 Å². The van der Waals surface area contributed by atoms with Crippen LogP contribution in [0.25, 0.3) is 0 Å². The van der Waals surface area contributed by atoms with Gasteiger partial charge in [-0.05, 0) is 42.0 Å². The van der Waals surface area contributed by atoms with E-state index in [2.05, 4.69) is 17.2 Å². The van der Waals surface area contributed by atoms with Crippen LogP contribution in [-0.2, 0) is 16.0 Å². The fraction of sp³-hybridized carbons (Fsp3) is 0.105. The third kappa shape index (κ3) is 5.46. The van der Waals surface area contributed by atoms with Gasteiger partial charge in [0.05, 0.1) is 12.1 Å². The van der Waals surface area contributed by atoms with Crippen LogP contribution >= 0.6 is 0 Å². The van der Waals surface area contributed by atoms with Crippen molar-refractivity contribution in [1.29, 1.82) is 5.26 Å². The number of benzene rings is 2. The van der Waals surface area contributed by atoms with Crippen molar-refractivity contribution in [3.8, 4) is 11.8 Å². The Morgan fingerprint density at radius 2 is 1.92 bits per heavy atom. The average molecular weight is 353 g/mol. The second-order valence-electron chi connectivity index (χ2n) is 5.20. The van der Waals surface area contributed by atoms with Crippen LogP contribution < -0.4 is 15.4 Å². The lowest BCUT2D eigenvalue weighted by atomic mass is 10.1. The molecule has 0 atom stereocenters. The van der Waals surface area contributed by atoms with Crippen molar-refractivity contribution in [3.05, 3.63) is 66.5 Å². The number of hydrogen-bond acceptors (Lipinski definition) is 4. The van der Waals surface area contributed by atoms with E-state index < -0.39 is 11.7 Å². The van der Waals surface area contributed by atoms with Gasteiger partial charge in [-0.15, -0.1) is 0 Å². The van der Waals surface area contributed by atoms with Crippen molar-refractivity contribution in [2.45, 2.75) is 6.42 Å². The SMILES string of the molecule is C=CC(=O)Nc1cc(NC(=O)Cc2ccc(OCC#N)cc2)ccc1F. The average Bonchev–Trinajstić information content (AvgIpc) is 2.63. The number of carbonyl (C=O) groups excluding carboxylic acids is 2. The van der Waals surface area contributed by atoms with Crippen LogP contribution in [0.15, 0.2) is 55.1 Å². The molecule has 2 aromatic rings. The van der Waals surface area contributed by atoms with E-state index >= 15 is 0 Å². The first kappa shape index (κ1) is 18.7. The third-order valence-corrected chi connectivity index (χ3v) is 3.28. The Kier molecular flexibility index (Phi) is 6.46. The zero-order valence-corrected chi connectivity index (χ0v) is 13.8. The molecular formula is C19H16FN3O3. The fourth-order valence-corrected chi connectivity index (χ4v) is 2.09. The summed E-state index contributed by atoms with van der Waals surface area (Å²) in [7, 11) is 0. The molecule has 0 aromatic heterocycles. The first-order valence-electron chi connectivity index (χ1n) is 7.63. The standard InChI is InChI=1S/C19H16FN3O3/c1-2-18(24)23-17-12-14(5-8-16(17)20)22-19(25)11-13-3-6-15(7-4-13)26-10-9-21/h2-8,12H,1,10-11H2,(H,22,25)(H,23,24). The monoisotopic (exact) mass is 353 g/mol. The number of anilines is 2. The van der Waals surface area contributed by atoms with Crippen molar-refractivity contribution < 1.29 is 18.7 Å². The minimum absolute atomic E-state index is 0.0465. The van der Waals surface area contributed by atoms with E-state index in [0.717, 1.165) is 17.7 Å². The van der Waals surface area contributed by atoms with Gasteiger partial charge in [0.15, 0.2) is 6.61 Å². The summed E-state index contributed by atoms with van der Waals surface area (Å²) in [4.78, 5) is 23.4. The summed E-state index contributed by atoms with van der Waals surface area (Å²) in [6, 6.07) is 12.5. The molecule has 0 heterocycles. The predicted octanol–water partition coefficient (Wildman–Crippen LogP) is 3.03. The highest BCUT2D eigenvalue weighted by atomic mass is 19.1. The lowest BCUT2D eigenvalue weighted by molar-refractivity contribution is -0.115. The Balaban J connectivity index is 1.99. The second kappa shape index (κ2) is 8.99. The number of nitriles is 1. The van der Waals surface area contributed by atoms with Gasteiger partial charge in [0.25, 0.3) is 0 Å². The van der Waals surface area contributed by atoms with Gasteiger partial charge in [-0.2, -0.15) is 5.26 Å². The second-order valence-corrected chi connectivity index (χ2v) is 5.20. The Bertz CT molecular complexity index is 857. The molecule has 2 aromatic carbocycles. The number of ether oxygens (including phenoxy) is 1. The molecule has 26 heavy (non-hydrogen) atoms. The van der Waals surface area contributed by atoms with Crippen LogP contribution in [-0.4, -0.2) is 18.4 Å². The predicted molar refractivity (Wildman–Crippen MR) is 95.1 cm³/mol. The van der Waals surface area contributed by atoms with E-state index in [9.17, 15) is 14.0 Å². The van der Waals surface area contributed by atoms with Crippen molar-refractivity contribution in [2.24, 2.45) is 0 Å². The molecule has 0 saturated carbocycles. The highest BCUT2D eigenvalue weighted by Crippen LogP contribution is 2.20. The molecule has 7 heteroatoms. The third-order valence-electron chi connectivity index (χ3n) is 3.28. The van der Waals surface area contributed by atoms with E-state index in [0.29, 0.717) is 11.4 Å². The van der Waals surface area contributed by atoms with Gasteiger partial charge in [0.2, 0.25) is 11.8 Å². The van der Waals surface area contributed by atoms with Crippen LogP contribution in [0.1, 0.15) is 5.56 Å². The Labute approximate surface area is 149 Å². The molecule has 0 fully saturated rings. The molecule has 2 N–H and O–H groups in total. The molecular weight excluding hydrogens is 337 g/mol.